The van der Waals surface area contributed by atoms with Crippen molar-refractivity contribution in [1.29, 1.82) is 0 Å². The lowest BCUT2D eigenvalue weighted by Gasteiger charge is -2.21. The van der Waals surface area contributed by atoms with Gasteiger partial charge >= 0.3 is 18.3 Å². The number of hydrogen-bond donors (Lipinski definition) is 1. The second-order valence-corrected chi connectivity index (χ2v) is 7.05. The highest BCUT2D eigenvalue weighted by molar-refractivity contribution is 6.31. The number of halogens is 10. The van der Waals surface area contributed by atoms with Gasteiger partial charge in [-0.3, -0.25) is 4.79 Å². The van der Waals surface area contributed by atoms with Gasteiger partial charge in [0, 0.05) is 0 Å². The van der Waals surface area contributed by atoms with Crippen molar-refractivity contribution in [2.45, 2.75) is 18.3 Å². The largest absolute Gasteiger partial charge is 0.459 e. The fourth-order valence-electron chi connectivity index (χ4n) is 2.47. The summed E-state index contributed by atoms with van der Waals surface area (Å²) in [7, 11) is 0. The number of ether oxygens (including phenoxy) is 1. The quantitative estimate of drug-likeness (QED) is 0.311. The Morgan fingerprint density at radius 3 is 2.15 bits per heavy atom. The van der Waals surface area contributed by atoms with Crippen molar-refractivity contribution in [2.24, 2.45) is 0 Å². The van der Waals surface area contributed by atoms with Gasteiger partial charge in [0.2, 0.25) is 5.75 Å². The molecule has 5 nitrogen and oxygen atoms in total. The molecule has 176 valence electrons. The molecule has 1 aromatic carbocycles. The van der Waals surface area contributed by atoms with Crippen molar-refractivity contribution >= 4 is 23.2 Å². The molecule has 0 spiro atoms. The molecule has 0 aliphatic carbocycles. The van der Waals surface area contributed by atoms with Crippen LogP contribution in [0.4, 0.5) is 35.1 Å². The molecular weight excluding hydrogens is 513 g/mol. The van der Waals surface area contributed by atoms with Crippen molar-refractivity contribution in [1.82, 2.24) is 15.0 Å². The Kier molecular flexibility index (Phi) is 6.33. The Morgan fingerprint density at radius 2 is 1.58 bits per heavy atom. The Bertz CT molecular complexity index is 1260. The fourth-order valence-corrected chi connectivity index (χ4v) is 2.86. The van der Waals surface area contributed by atoms with E-state index < -0.39 is 57.4 Å². The summed E-state index contributed by atoms with van der Waals surface area (Å²) in [4.78, 5) is 21.1. The Labute approximate surface area is 188 Å². The van der Waals surface area contributed by atoms with Crippen LogP contribution in [0.25, 0.3) is 11.5 Å². The average Bonchev–Trinajstić information content (AvgIpc) is 2.68. The summed E-state index contributed by atoms with van der Waals surface area (Å²) >= 11 is 11.1. The number of aromatic nitrogens is 3. The van der Waals surface area contributed by atoms with Crippen LogP contribution < -0.4 is 10.3 Å². The molecular formula is C18H7Cl2F8N3O2. The predicted octanol–water partition coefficient (Wildman–Crippen LogP) is 6.60. The minimum atomic E-state index is -6.23. The van der Waals surface area contributed by atoms with E-state index in [1.54, 1.807) is 0 Å². The van der Waals surface area contributed by atoms with E-state index in [-0.39, 0.29) is 16.9 Å². The second-order valence-electron chi connectivity index (χ2n) is 6.25. The molecule has 1 N–H and O–H groups in total. The molecule has 0 atom stereocenters. The summed E-state index contributed by atoms with van der Waals surface area (Å²) in [5, 5.41) is -0.995. The van der Waals surface area contributed by atoms with E-state index in [0.29, 0.717) is 6.07 Å². The highest BCUT2D eigenvalue weighted by Gasteiger charge is 2.62. The summed E-state index contributed by atoms with van der Waals surface area (Å²) in [6.07, 6.45) is -11.2. The van der Waals surface area contributed by atoms with Gasteiger partial charge in [-0.15, -0.1) is 0 Å². The monoisotopic (exact) mass is 519 g/mol. The molecule has 0 saturated heterocycles. The van der Waals surface area contributed by atoms with Crippen LogP contribution in [0.1, 0.15) is 11.3 Å². The molecule has 2 aromatic heterocycles. The molecule has 0 bridgehead atoms. The van der Waals surface area contributed by atoms with Crippen LogP contribution in [0.2, 0.25) is 10.2 Å². The molecule has 15 heteroatoms. The van der Waals surface area contributed by atoms with Crippen LogP contribution in [-0.4, -0.2) is 21.1 Å². The summed E-state index contributed by atoms with van der Waals surface area (Å²) in [5.74, 6) is -9.13. The zero-order valence-corrected chi connectivity index (χ0v) is 17.0. The van der Waals surface area contributed by atoms with Gasteiger partial charge in [-0.25, -0.2) is 9.97 Å². The highest BCUT2D eigenvalue weighted by atomic mass is 35.5. The van der Waals surface area contributed by atoms with Crippen LogP contribution in [0, 0.1) is 0 Å². The fraction of sp³-hybridized carbons (Fsp3) is 0.167. The number of rotatable bonds is 4. The molecule has 2 heterocycles. The Morgan fingerprint density at radius 1 is 0.909 bits per heavy atom. The van der Waals surface area contributed by atoms with Crippen LogP contribution >= 0.6 is 23.2 Å². The minimum absolute atomic E-state index is 0.194. The lowest BCUT2D eigenvalue weighted by atomic mass is 10.2. The third-order valence-corrected chi connectivity index (χ3v) is 4.49. The van der Waals surface area contributed by atoms with Crippen LogP contribution in [0.15, 0.2) is 41.2 Å². The van der Waals surface area contributed by atoms with Gasteiger partial charge in [-0.05, 0) is 30.3 Å². The summed E-state index contributed by atoms with van der Waals surface area (Å²) in [6.45, 7) is 0. The Balaban J connectivity index is 2.22. The van der Waals surface area contributed by atoms with Crippen molar-refractivity contribution < 1.29 is 39.9 Å². The number of nitrogens with zero attached hydrogens (tertiary/aromatic N) is 2. The van der Waals surface area contributed by atoms with E-state index in [0.717, 1.165) is 12.1 Å². The van der Waals surface area contributed by atoms with Crippen LogP contribution in [0.3, 0.4) is 0 Å². The van der Waals surface area contributed by atoms with E-state index in [2.05, 4.69) is 9.97 Å². The van der Waals surface area contributed by atoms with Gasteiger partial charge in [-0.1, -0.05) is 29.3 Å². The second kappa shape index (κ2) is 8.45. The molecule has 33 heavy (non-hydrogen) atoms. The topological polar surface area (TPSA) is 67.9 Å². The predicted molar refractivity (Wildman–Crippen MR) is 99.6 cm³/mol. The van der Waals surface area contributed by atoms with E-state index in [9.17, 15) is 39.9 Å². The summed E-state index contributed by atoms with van der Waals surface area (Å²) in [5.41, 5.74) is -5.69. The molecule has 0 saturated carbocycles. The van der Waals surface area contributed by atoms with E-state index >= 15 is 0 Å². The first-order valence-electron chi connectivity index (χ1n) is 8.38. The molecule has 0 aliphatic rings. The number of benzene rings is 1. The lowest BCUT2D eigenvalue weighted by molar-refractivity contribution is -0.291. The van der Waals surface area contributed by atoms with Crippen molar-refractivity contribution in [3.8, 4) is 23.0 Å². The SMILES string of the molecule is O=c1[nH]c(-c2cccc(Cl)n2)nc(C(F)(F)C(F)(F)F)c1Oc1ccc(Cl)c(C(F)(F)F)c1. The van der Waals surface area contributed by atoms with Gasteiger partial charge in [-0.2, -0.15) is 35.1 Å². The maximum absolute atomic E-state index is 14.2. The van der Waals surface area contributed by atoms with Crippen LogP contribution in [0.5, 0.6) is 11.5 Å². The van der Waals surface area contributed by atoms with E-state index in [4.69, 9.17) is 27.9 Å². The van der Waals surface area contributed by atoms with Gasteiger partial charge in [0.1, 0.15) is 16.6 Å². The van der Waals surface area contributed by atoms with E-state index in [1.165, 1.54) is 12.1 Å². The number of aromatic amines is 1. The number of H-pyrrole nitrogens is 1. The highest BCUT2D eigenvalue weighted by Crippen LogP contribution is 2.46. The normalized spacial score (nSPS) is 12.7. The van der Waals surface area contributed by atoms with Crippen molar-refractivity contribution in [2.75, 3.05) is 0 Å². The summed E-state index contributed by atoms with van der Waals surface area (Å²) < 4.78 is 112. The molecule has 0 radical (unpaired) electrons. The van der Waals surface area contributed by atoms with E-state index in [1.807, 2.05) is 4.98 Å². The zero-order valence-electron chi connectivity index (χ0n) is 15.5. The molecule has 0 aliphatic heterocycles. The van der Waals surface area contributed by atoms with Gasteiger partial charge in [0.15, 0.2) is 11.5 Å². The summed E-state index contributed by atoms with van der Waals surface area (Å²) in [6, 6.07) is 5.23. The Hall–Kier alpha value is -2.93. The smallest absolute Gasteiger partial charge is 0.449 e. The van der Waals surface area contributed by atoms with Gasteiger partial charge < -0.3 is 9.72 Å². The number of hydrogen-bond acceptors (Lipinski definition) is 4. The number of nitrogens with one attached hydrogen (secondary N) is 1. The first kappa shape index (κ1) is 24.7. The third-order valence-electron chi connectivity index (χ3n) is 3.95. The van der Waals surface area contributed by atoms with Gasteiger partial charge in [0.25, 0.3) is 5.56 Å². The van der Waals surface area contributed by atoms with Crippen molar-refractivity contribution in [3.63, 3.8) is 0 Å². The third kappa shape index (κ3) is 5.03. The van der Waals surface area contributed by atoms with Crippen LogP contribution in [-0.2, 0) is 12.1 Å². The van der Waals surface area contributed by atoms with Crippen molar-refractivity contribution in [3.05, 3.63) is 68.2 Å². The molecule has 3 aromatic rings. The molecule has 0 amide bonds. The first-order chi connectivity index (χ1) is 15.1. The first-order valence-corrected chi connectivity index (χ1v) is 9.13. The number of alkyl halides is 8. The maximum atomic E-state index is 14.2. The zero-order chi connectivity index (χ0) is 24.8. The van der Waals surface area contributed by atoms with Gasteiger partial charge in [0.05, 0.1) is 10.6 Å². The number of pyridine rings is 1. The standard InChI is InChI=1S/C18H7Cl2F8N3O2/c19-9-5-4-7(6-8(9)17(23,24)25)33-12-13(16(21,22)18(26,27)28)30-14(31-15(12)32)10-2-1-3-11(20)29-10/h1-6H,(H,30,31,32). The lowest BCUT2D eigenvalue weighted by Crippen LogP contribution is -2.36. The maximum Gasteiger partial charge on any atom is 0.459 e. The minimum Gasteiger partial charge on any atom is -0.449 e. The molecule has 0 fully saturated rings. The average molecular weight is 520 g/mol. The molecule has 0 unspecified atom stereocenters. The molecule has 3 rings (SSSR count).